The summed E-state index contributed by atoms with van der Waals surface area (Å²) in [6, 6.07) is 15.4. The monoisotopic (exact) mass is 422 g/mol. The molecule has 7 heteroatoms. The Kier molecular flexibility index (Phi) is 5.93. The first kappa shape index (κ1) is 20.9. The second-order valence-electron chi connectivity index (χ2n) is 8.15. The highest BCUT2D eigenvalue weighted by molar-refractivity contribution is 5.86. The molecule has 1 aliphatic carbocycles. The lowest BCUT2D eigenvalue weighted by Crippen LogP contribution is -2.51. The molecule has 4 rings (SSSR count). The third-order valence-electron chi connectivity index (χ3n) is 6.13. The van der Waals surface area contributed by atoms with Gasteiger partial charge in [-0.1, -0.05) is 48.5 Å². The smallest absolute Gasteiger partial charge is 0.407 e. The van der Waals surface area contributed by atoms with E-state index in [1.54, 1.807) is 6.92 Å². The minimum absolute atomic E-state index is 0.0532. The van der Waals surface area contributed by atoms with E-state index in [4.69, 9.17) is 4.74 Å². The minimum Gasteiger partial charge on any atom is -0.481 e. The van der Waals surface area contributed by atoms with Gasteiger partial charge in [0.15, 0.2) is 0 Å². The Morgan fingerprint density at radius 3 is 2.32 bits per heavy atom. The number of carboxylic acids is 1. The van der Waals surface area contributed by atoms with Crippen LogP contribution in [0.15, 0.2) is 48.5 Å². The molecule has 31 heavy (non-hydrogen) atoms. The normalized spacial score (nSPS) is 18.6. The summed E-state index contributed by atoms with van der Waals surface area (Å²) in [6.45, 7) is 2.43. The van der Waals surface area contributed by atoms with E-state index in [9.17, 15) is 19.5 Å². The van der Waals surface area contributed by atoms with Gasteiger partial charge in [0.1, 0.15) is 12.6 Å². The number of hydrogen-bond acceptors (Lipinski definition) is 4. The summed E-state index contributed by atoms with van der Waals surface area (Å²) in [7, 11) is 0. The first-order valence-electron chi connectivity index (χ1n) is 10.6. The van der Waals surface area contributed by atoms with Crippen molar-refractivity contribution in [1.82, 2.24) is 10.2 Å². The molecule has 0 radical (unpaired) electrons. The molecule has 162 valence electrons. The lowest BCUT2D eigenvalue weighted by atomic mass is 9.98. The second-order valence-corrected chi connectivity index (χ2v) is 8.15. The molecule has 1 heterocycles. The summed E-state index contributed by atoms with van der Waals surface area (Å²) >= 11 is 0. The zero-order valence-electron chi connectivity index (χ0n) is 17.4. The number of nitrogens with zero attached hydrogens (tertiary/aromatic N) is 1. The van der Waals surface area contributed by atoms with Gasteiger partial charge in [0.25, 0.3) is 0 Å². The first-order chi connectivity index (χ1) is 15.0. The van der Waals surface area contributed by atoms with Crippen molar-refractivity contribution in [3.8, 4) is 11.1 Å². The van der Waals surface area contributed by atoms with Crippen molar-refractivity contribution in [2.75, 3.05) is 19.7 Å². The standard InChI is InChI=1S/C24H26N2O5/c1-15(22(27)26-12-6-7-16(13-26)23(28)29)25-24(30)31-14-21-19-10-4-2-8-17(19)18-9-3-5-11-20(18)21/h2-5,8-11,15-16,21H,6-7,12-14H2,1H3,(H,25,30)(H,28,29)/t15?,16-/m1/s1. The summed E-state index contributed by atoms with van der Waals surface area (Å²) in [5.41, 5.74) is 4.53. The third kappa shape index (κ3) is 4.26. The fraction of sp³-hybridized carbons (Fsp3) is 0.375. The SMILES string of the molecule is CC(NC(=O)OCC1c2ccccc2-c2ccccc21)C(=O)N1CCC[C@@H](C(=O)O)C1. The van der Waals surface area contributed by atoms with E-state index < -0.39 is 24.0 Å². The van der Waals surface area contributed by atoms with Crippen molar-refractivity contribution in [2.24, 2.45) is 5.92 Å². The summed E-state index contributed by atoms with van der Waals surface area (Å²) in [6.07, 6.45) is 0.544. The molecular weight excluding hydrogens is 396 g/mol. The predicted molar refractivity (Wildman–Crippen MR) is 115 cm³/mol. The van der Waals surface area contributed by atoms with Crippen LogP contribution in [0.4, 0.5) is 4.79 Å². The van der Waals surface area contributed by atoms with Gasteiger partial charge in [0, 0.05) is 19.0 Å². The molecule has 7 nitrogen and oxygen atoms in total. The van der Waals surface area contributed by atoms with Crippen molar-refractivity contribution in [3.63, 3.8) is 0 Å². The van der Waals surface area contributed by atoms with E-state index in [1.807, 2.05) is 36.4 Å². The number of carbonyl (C=O) groups excluding carboxylic acids is 2. The molecular formula is C24H26N2O5. The molecule has 0 saturated carbocycles. The number of alkyl carbamates (subject to hydrolysis) is 1. The molecule has 2 N–H and O–H groups in total. The van der Waals surface area contributed by atoms with Crippen LogP contribution < -0.4 is 5.32 Å². The van der Waals surface area contributed by atoms with Crippen molar-refractivity contribution >= 4 is 18.0 Å². The summed E-state index contributed by atoms with van der Waals surface area (Å²) in [5, 5.41) is 11.8. The van der Waals surface area contributed by atoms with Gasteiger partial charge in [-0.2, -0.15) is 0 Å². The van der Waals surface area contributed by atoms with E-state index in [0.29, 0.717) is 19.4 Å². The molecule has 2 aliphatic rings. The van der Waals surface area contributed by atoms with Gasteiger partial charge in [-0.05, 0) is 42.0 Å². The number of fused-ring (bicyclic) bond motifs is 3. The van der Waals surface area contributed by atoms with Crippen LogP contribution in [-0.2, 0) is 14.3 Å². The van der Waals surface area contributed by atoms with Crippen LogP contribution in [-0.4, -0.2) is 53.7 Å². The number of aliphatic carboxylic acids is 1. The maximum atomic E-state index is 12.7. The number of nitrogens with one attached hydrogen (secondary N) is 1. The van der Waals surface area contributed by atoms with E-state index in [2.05, 4.69) is 17.4 Å². The fourth-order valence-electron chi connectivity index (χ4n) is 4.53. The zero-order chi connectivity index (χ0) is 22.0. The summed E-state index contributed by atoms with van der Waals surface area (Å²) in [5.74, 6) is -1.80. The maximum absolute atomic E-state index is 12.7. The van der Waals surface area contributed by atoms with Crippen LogP contribution in [0, 0.1) is 5.92 Å². The summed E-state index contributed by atoms with van der Waals surface area (Å²) < 4.78 is 5.49. The number of rotatable bonds is 5. The van der Waals surface area contributed by atoms with Gasteiger partial charge in [-0.15, -0.1) is 0 Å². The fourth-order valence-corrected chi connectivity index (χ4v) is 4.53. The van der Waals surface area contributed by atoms with E-state index in [-0.39, 0.29) is 25.0 Å². The van der Waals surface area contributed by atoms with Crippen LogP contribution >= 0.6 is 0 Å². The van der Waals surface area contributed by atoms with Crippen LogP contribution in [0.3, 0.4) is 0 Å². The largest absolute Gasteiger partial charge is 0.481 e. The number of piperidine rings is 1. The first-order valence-corrected chi connectivity index (χ1v) is 10.6. The molecule has 1 aliphatic heterocycles. The zero-order valence-corrected chi connectivity index (χ0v) is 17.4. The highest BCUT2D eigenvalue weighted by atomic mass is 16.5. The number of benzene rings is 2. The number of carboxylic acid groups (broad SMARTS) is 1. The highest BCUT2D eigenvalue weighted by Gasteiger charge is 2.32. The number of hydrogen-bond donors (Lipinski definition) is 2. The second kappa shape index (κ2) is 8.79. The maximum Gasteiger partial charge on any atom is 0.407 e. The molecule has 0 spiro atoms. The third-order valence-corrected chi connectivity index (χ3v) is 6.13. The molecule has 1 fully saturated rings. The van der Waals surface area contributed by atoms with Crippen LogP contribution in [0.5, 0.6) is 0 Å². The molecule has 1 unspecified atom stereocenters. The van der Waals surface area contributed by atoms with Crippen molar-refractivity contribution in [3.05, 3.63) is 59.7 Å². The molecule has 2 amide bonds. The van der Waals surface area contributed by atoms with Gasteiger partial charge in [-0.3, -0.25) is 9.59 Å². The van der Waals surface area contributed by atoms with Gasteiger partial charge in [0.05, 0.1) is 5.92 Å². The minimum atomic E-state index is -0.894. The quantitative estimate of drug-likeness (QED) is 0.771. The molecule has 2 aromatic rings. The highest BCUT2D eigenvalue weighted by Crippen LogP contribution is 2.44. The van der Waals surface area contributed by atoms with Crippen molar-refractivity contribution in [1.29, 1.82) is 0 Å². The molecule has 0 aromatic heterocycles. The molecule has 2 aromatic carbocycles. The van der Waals surface area contributed by atoms with Crippen molar-refractivity contribution in [2.45, 2.75) is 31.7 Å². The lowest BCUT2D eigenvalue weighted by Gasteiger charge is -2.32. The van der Waals surface area contributed by atoms with Gasteiger partial charge >= 0.3 is 12.1 Å². The van der Waals surface area contributed by atoms with Gasteiger partial charge in [0.2, 0.25) is 5.91 Å². The number of amides is 2. The Bertz CT molecular complexity index is 959. The van der Waals surface area contributed by atoms with Crippen LogP contribution in [0.25, 0.3) is 11.1 Å². The van der Waals surface area contributed by atoms with E-state index in [0.717, 1.165) is 22.3 Å². The number of ether oxygens (including phenoxy) is 1. The molecule has 2 atom stereocenters. The Hall–Kier alpha value is -3.35. The van der Waals surface area contributed by atoms with Crippen LogP contribution in [0.1, 0.15) is 36.8 Å². The van der Waals surface area contributed by atoms with Crippen molar-refractivity contribution < 1.29 is 24.2 Å². The average Bonchev–Trinajstić information content (AvgIpc) is 3.11. The van der Waals surface area contributed by atoms with E-state index >= 15 is 0 Å². The molecule has 1 saturated heterocycles. The van der Waals surface area contributed by atoms with Gasteiger partial charge in [-0.25, -0.2) is 4.79 Å². The van der Waals surface area contributed by atoms with Gasteiger partial charge < -0.3 is 20.1 Å². The molecule has 0 bridgehead atoms. The summed E-state index contributed by atoms with van der Waals surface area (Å²) in [4.78, 5) is 37.8. The van der Waals surface area contributed by atoms with Crippen LogP contribution in [0.2, 0.25) is 0 Å². The topological polar surface area (TPSA) is 95.9 Å². The Labute approximate surface area is 181 Å². The average molecular weight is 422 g/mol. The van der Waals surface area contributed by atoms with E-state index in [1.165, 1.54) is 4.90 Å². The predicted octanol–water partition coefficient (Wildman–Crippen LogP) is 3.24. The Morgan fingerprint density at radius 2 is 1.71 bits per heavy atom. The Balaban J connectivity index is 1.35. The lowest BCUT2D eigenvalue weighted by molar-refractivity contribution is -0.146. The number of carbonyl (C=O) groups is 3. The Morgan fingerprint density at radius 1 is 1.10 bits per heavy atom. The number of likely N-dealkylation sites (tertiary alicyclic amines) is 1.